The van der Waals surface area contributed by atoms with E-state index in [1.165, 1.54) is 0 Å². The fraction of sp³-hybridized carbons (Fsp3) is 0.375. The van der Waals surface area contributed by atoms with E-state index in [9.17, 15) is 9.59 Å². The molecule has 0 spiro atoms. The topological polar surface area (TPSA) is 34.1 Å². The summed E-state index contributed by atoms with van der Waals surface area (Å²) >= 11 is 0. The van der Waals surface area contributed by atoms with Crippen LogP contribution in [0.4, 0.5) is 0 Å². The second-order valence-electron chi connectivity index (χ2n) is 4.24. The zero-order chi connectivity index (χ0) is 13.4. The molecule has 0 N–H and O–H groups in total. The van der Waals surface area contributed by atoms with Gasteiger partial charge >= 0.3 is 0 Å². The minimum Gasteiger partial charge on any atom is -0.299 e. The number of ketones is 2. The molecule has 96 valence electrons. The lowest BCUT2D eigenvalue weighted by atomic mass is 9.92. The summed E-state index contributed by atoms with van der Waals surface area (Å²) in [7, 11) is 0. The molecule has 1 rings (SSSR count). The molecule has 0 saturated heterocycles. The van der Waals surface area contributed by atoms with Gasteiger partial charge in [0.2, 0.25) is 0 Å². The van der Waals surface area contributed by atoms with Crippen molar-refractivity contribution in [3.63, 3.8) is 0 Å². The van der Waals surface area contributed by atoms with Gasteiger partial charge in [0.1, 0.15) is 11.6 Å². The average molecular weight is 244 g/mol. The molecule has 0 fully saturated rings. The number of carbonyl (C=O) groups excluding carboxylic acids is 2. The van der Waals surface area contributed by atoms with E-state index in [4.69, 9.17) is 0 Å². The van der Waals surface area contributed by atoms with Crippen LogP contribution in [-0.4, -0.2) is 11.6 Å². The van der Waals surface area contributed by atoms with Crippen molar-refractivity contribution in [3.05, 3.63) is 42.0 Å². The number of rotatable bonds is 7. The maximum absolute atomic E-state index is 11.7. The zero-order valence-corrected chi connectivity index (χ0v) is 11.1. The summed E-state index contributed by atoms with van der Waals surface area (Å²) in [5, 5.41) is 0. The number of benzene rings is 1. The van der Waals surface area contributed by atoms with Crippen molar-refractivity contribution in [2.75, 3.05) is 0 Å². The van der Waals surface area contributed by atoms with Crippen molar-refractivity contribution < 1.29 is 9.59 Å². The van der Waals surface area contributed by atoms with Crippen molar-refractivity contribution in [2.45, 2.75) is 33.1 Å². The molecule has 2 heteroatoms. The maximum atomic E-state index is 11.7. The summed E-state index contributed by atoms with van der Waals surface area (Å²) < 4.78 is 0. The molecule has 0 unspecified atom stereocenters. The molecule has 1 aromatic rings. The average Bonchev–Trinajstić information content (AvgIpc) is 2.43. The molecule has 0 heterocycles. The highest BCUT2D eigenvalue weighted by Gasteiger charge is 2.21. The first-order chi connectivity index (χ1) is 8.69. The fourth-order valence-corrected chi connectivity index (χ4v) is 1.84. The highest BCUT2D eigenvalue weighted by molar-refractivity contribution is 6.02. The second kappa shape index (κ2) is 7.59. The molecular formula is C16H20O2. The number of allylic oxidation sites excluding steroid dienone is 1. The van der Waals surface area contributed by atoms with Crippen molar-refractivity contribution in [2.24, 2.45) is 5.92 Å². The Balaban J connectivity index is 2.65. The predicted molar refractivity (Wildman–Crippen MR) is 74.2 cm³/mol. The summed E-state index contributed by atoms with van der Waals surface area (Å²) in [5.41, 5.74) is 1.09. The zero-order valence-electron chi connectivity index (χ0n) is 11.1. The van der Waals surface area contributed by atoms with Crippen molar-refractivity contribution in [1.29, 1.82) is 0 Å². The minimum atomic E-state index is -0.458. The SMILES string of the molecule is CCC(=O)C(C/C=C/c1ccccc1)C(=O)CC. The van der Waals surface area contributed by atoms with Crippen LogP contribution >= 0.6 is 0 Å². The van der Waals surface area contributed by atoms with Gasteiger partial charge in [-0.15, -0.1) is 0 Å². The first kappa shape index (κ1) is 14.4. The van der Waals surface area contributed by atoms with Gasteiger partial charge in [-0.25, -0.2) is 0 Å². The third-order valence-corrected chi connectivity index (χ3v) is 2.96. The third-order valence-electron chi connectivity index (χ3n) is 2.96. The van der Waals surface area contributed by atoms with Gasteiger partial charge in [0, 0.05) is 12.8 Å². The van der Waals surface area contributed by atoms with Crippen LogP contribution in [0.3, 0.4) is 0 Å². The Hall–Kier alpha value is -1.70. The molecule has 1 aromatic carbocycles. The minimum absolute atomic E-state index is 0.0413. The van der Waals surface area contributed by atoms with E-state index in [-0.39, 0.29) is 11.6 Å². The summed E-state index contributed by atoms with van der Waals surface area (Å²) in [6, 6.07) is 9.88. The standard InChI is InChI=1S/C16H20O2/c1-3-15(17)14(16(18)4-2)12-8-11-13-9-6-5-7-10-13/h5-11,14H,3-4,12H2,1-2H3/b11-8+. The lowest BCUT2D eigenvalue weighted by Gasteiger charge is -2.10. The van der Waals surface area contributed by atoms with Crippen molar-refractivity contribution in [3.8, 4) is 0 Å². The van der Waals surface area contributed by atoms with Crippen LogP contribution in [0.2, 0.25) is 0 Å². The van der Waals surface area contributed by atoms with Crippen LogP contribution in [-0.2, 0) is 9.59 Å². The van der Waals surface area contributed by atoms with Crippen molar-refractivity contribution >= 4 is 17.6 Å². The van der Waals surface area contributed by atoms with Crippen molar-refractivity contribution in [1.82, 2.24) is 0 Å². The number of carbonyl (C=O) groups is 2. The normalized spacial score (nSPS) is 11.1. The summed E-state index contributed by atoms with van der Waals surface area (Å²) in [5.74, 6) is -0.376. The quantitative estimate of drug-likeness (QED) is 0.686. The lowest BCUT2D eigenvalue weighted by molar-refractivity contribution is -0.132. The summed E-state index contributed by atoms with van der Waals surface area (Å²) in [6.45, 7) is 3.61. The number of hydrogen-bond acceptors (Lipinski definition) is 2. The third kappa shape index (κ3) is 4.28. The smallest absolute Gasteiger partial charge is 0.143 e. The Labute approximate surface area is 109 Å². The van der Waals surface area contributed by atoms with E-state index in [2.05, 4.69) is 0 Å². The summed E-state index contributed by atoms with van der Waals surface area (Å²) in [6.07, 6.45) is 5.24. The first-order valence-corrected chi connectivity index (χ1v) is 6.46. The summed E-state index contributed by atoms with van der Waals surface area (Å²) in [4.78, 5) is 23.4. The van der Waals surface area contributed by atoms with Gasteiger partial charge in [-0.2, -0.15) is 0 Å². The van der Waals surface area contributed by atoms with Gasteiger partial charge in [-0.1, -0.05) is 56.3 Å². The van der Waals surface area contributed by atoms with Gasteiger partial charge in [-0.3, -0.25) is 9.59 Å². The van der Waals surface area contributed by atoms with Crippen LogP contribution < -0.4 is 0 Å². The molecule has 0 aromatic heterocycles. The molecule has 0 radical (unpaired) electrons. The molecular weight excluding hydrogens is 224 g/mol. The van der Waals surface area contributed by atoms with E-state index < -0.39 is 5.92 Å². The molecule has 0 bridgehead atoms. The van der Waals surface area contributed by atoms with Crippen LogP contribution in [0.15, 0.2) is 36.4 Å². The second-order valence-corrected chi connectivity index (χ2v) is 4.24. The van der Waals surface area contributed by atoms with E-state index in [1.807, 2.05) is 42.5 Å². The van der Waals surface area contributed by atoms with Gasteiger partial charge in [-0.05, 0) is 12.0 Å². The fourth-order valence-electron chi connectivity index (χ4n) is 1.84. The number of Topliss-reactive ketones (excluding diaryl/α,β-unsaturated/α-hetero) is 2. The maximum Gasteiger partial charge on any atom is 0.143 e. The molecule has 0 aliphatic heterocycles. The Bertz CT molecular complexity index is 402. The highest BCUT2D eigenvalue weighted by atomic mass is 16.1. The van der Waals surface area contributed by atoms with Gasteiger partial charge < -0.3 is 0 Å². The van der Waals surface area contributed by atoms with E-state index in [0.29, 0.717) is 19.3 Å². The first-order valence-electron chi connectivity index (χ1n) is 6.46. The molecule has 0 atom stereocenters. The Morgan fingerprint density at radius 1 is 1.06 bits per heavy atom. The van der Waals surface area contributed by atoms with Crippen LogP contribution in [0.25, 0.3) is 6.08 Å². The Morgan fingerprint density at radius 2 is 1.61 bits per heavy atom. The highest BCUT2D eigenvalue weighted by Crippen LogP contribution is 2.13. The molecule has 18 heavy (non-hydrogen) atoms. The molecule has 2 nitrogen and oxygen atoms in total. The molecule has 0 saturated carbocycles. The van der Waals surface area contributed by atoms with Gasteiger partial charge in [0.25, 0.3) is 0 Å². The van der Waals surface area contributed by atoms with E-state index in [0.717, 1.165) is 5.56 Å². The van der Waals surface area contributed by atoms with Gasteiger partial charge in [0.05, 0.1) is 5.92 Å². The largest absolute Gasteiger partial charge is 0.299 e. The molecule has 0 aliphatic rings. The Morgan fingerprint density at radius 3 is 2.11 bits per heavy atom. The van der Waals surface area contributed by atoms with E-state index >= 15 is 0 Å². The lowest BCUT2D eigenvalue weighted by Crippen LogP contribution is -2.22. The molecule has 0 amide bonds. The molecule has 0 aliphatic carbocycles. The Kier molecular flexibility index (Phi) is 6.06. The number of hydrogen-bond donors (Lipinski definition) is 0. The van der Waals surface area contributed by atoms with Crippen LogP contribution in [0.5, 0.6) is 0 Å². The van der Waals surface area contributed by atoms with Gasteiger partial charge in [0.15, 0.2) is 0 Å². The monoisotopic (exact) mass is 244 g/mol. The van der Waals surface area contributed by atoms with Crippen LogP contribution in [0, 0.1) is 5.92 Å². The van der Waals surface area contributed by atoms with Crippen LogP contribution in [0.1, 0.15) is 38.7 Å². The predicted octanol–water partition coefficient (Wildman–Crippen LogP) is 3.66. The van der Waals surface area contributed by atoms with E-state index in [1.54, 1.807) is 13.8 Å².